The third kappa shape index (κ3) is 3.86. The Kier molecular flexibility index (Phi) is 4.70. The van der Waals surface area contributed by atoms with Crippen molar-refractivity contribution in [1.82, 2.24) is 0 Å². The van der Waals surface area contributed by atoms with Crippen LogP contribution in [0.15, 0.2) is 46.9 Å². The average molecular weight is 422 g/mol. The van der Waals surface area contributed by atoms with Gasteiger partial charge in [0, 0.05) is 25.3 Å². The molecule has 0 saturated heterocycles. The van der Waals surface area contributed by atoms with Crippen molar-refractivity contribution in [2.24, 2.45) is 0 Å². The summed E-state index contributed by atoms with van der Waals surface area (Å²) in [6.07, 6.45) is 0. The Labute approximate surface area is 128 Å². The molecule has 0 aromatic heterocycles. The standard InChI is InChI=1S/C13H10BrClIN/c14-12-5-4-11(16)7-13(12)17-8-9-2-1-3-10(15)6-9/h1-7,17H,8H2. The summed E-state index contributed by atoms with van der Waals surface area (Å²) in [5, 5.41) is 4.16. The van der Waals surface area contributed by atoms with Crippen LogP contribution in [0.3, 0.4) is 0 Å². The average Bonchev–Trinajstić information content (AvgIpc) is 2.30. The maximum Gasteiger partial charge on any atom is 0.0497 e. The summed E-state index contributed by atoms with van der Waals surface area (Å²) < 4.78 is 2.28. The molecule has 0 aliphatic rings. The molecule has 0 aliphatic heterocycles. The molecule has 0 spiro atoms. The van der Waals surface area contributed by atoms with Crippen LogP contribution in [0.2, 0.25) is 5.02 Å². The van der Waals surface area contributed by atoms with E-state index in [1.807, 2.05) is 24.3 Å². The first-order valence-corrected chi connectivity index (χ1v) is 7.33. The Morgan fingerprint density at radius 2 is 2.00 bits per heavy atom. The first-order chi connectivity index (χ1) is 8.15. The van der Waals surface area contributed by atoms with E-state index in [1.54, 1.807) is 0 Å². The van der Waals surface area contributed by atoms with Crippen molar-refractivity contribution in [2.45, 2.75) is 6.54 Å². The van der Waals surface area contributed by atoms with Gasteiger partial charge in [-0.3, -0.25) is 0 Å². The molecule has 2 aromatic carbocycles. The second kappa shape index (κ2) is 6.07. The highest BCUT2D eigenvalue weighted by Crippen LogP contribution is 2.25. The normalized spacial score (nSPS) is 10.3. The minimum atomic E-state index is 0.763. The van der Waals surface area contributed by atoms with Crippen molar-refractivity contribution >= 4 is 55.8 Å². The van der Waals surface area contributed by atoms with Gasteiger partial charge in [-0.25, -0.2) is 0 Å². The van der Waals surface area contributed by atoms with Crippen LogP contribution in [0, 0.1) is 3.57 Å². The van der Waals surface area contributed by atoms with Crippen LogP contribution in [-0.4, -0.2) is 0 Å². The molecule has 0 heterocycles. The highest BCUT2D eigenvalue weighted by atomic mass is 127. The van der Waals surface area contributed by atoms with Crippen molar-refractivity contribution in [3.8, 4) is 0 Å². The van der Waals surface area contributed by atoms with Gasteiger partial charge >= 0.3 is 0 Å². The molecule has 0 bridgehead atoms. The van der Waals surface area contributed by atoms with Gasteiger partial charge in [-0.2, -0.15) is 0 Å². The summed E-state index contributed by atoms with van der Waals surface area (Å²) in [6, 6.07) is 14.1. The van der Waals surface area contributed by atoms with E-state index < -0.39 is 0 Å². The van der Waals surface area contributed by atoms with Crippen molar-refractivity contribution in [3.63, 3.8) is 0 Å². The molecule has 0 fully saturated rings. The van der Waals surface area contributed by atoms with Crippen molar-refractivity contribution in [2.75, 3.05) is 5.32 Å². The smallest absolute Gasteiger partial charge is 0.0497 e. The number of nitrogens with one attached hydrogen (secondary N) is 1. The number of hydrogen-bond acceptors (Lipinski definition) is 1. The Bertz CT molecular complexity index is 531. The lowest BCUT2D eigenvalue weighted by atomic mass is 10.2. The summed E-state index contributed by atoms with van der Waals surface area (Å²) in [5.41, 5.74) is 2.26. The number of hydrogen-bond donors (Lipinski definition) is 1. The van der Waals surface area contributed by atoms with E-state index in [1.165, 1.54) is 9.13 Å². The molecule has 4 heteroatoms. The lowest BCUT2D eigenvalue weighted by Gasteiger charge is -2.09. The minimum absolute atomic E-state index is 0.763. The van der Waals surface area contributed by atoms with Crippen LogP contribution >= 0.6 is 50.1 Å². The van der Waals surface area contributed by atoms with Gasteiger partial charge in [0.15, 0.2) is 0 Å². The van der Waals surface area contributed by atoms with Crippen LogP contribution in [0.25, 0.3) is 0 Å². The van der Waals surface area contributed by atoms with E-state index >= 15 is 0 Å². The quantitative estimate of drug-likeness (QED) is 0.661. The second-order valence-corrected chi connectivity index (χ2v) is 6.14. The predicted molar refractivity (Wildman–Crippen MR) is 85.6 cm³/mol. The Morgan fingerprint density at radius 1 is 1.18 bits per heavy atom. The third-order valence-corrected chi connectivity index (χ3v) is 3.90. The first kappa shape index (κ1) is 13.2. The summed E-state index contributed by atoms with van der Waals surface area (Å²) in [5.74, 6) is 0. The van der Waals surface area contributed by atoms with Gasteiger partial charge < -0.3 is 5.32 Å². The SMILES string of the molecule is Clc1cccc(CNc2cc(I)ccc2Br)c1. The second-order valence-electron chi connectivity index (χ2n) is 3.61. The van der Waals surface area contributed by atoms with Gasteiger partial charge in [0.1, 0.15) is 0 Å². The molecular weight excluding hydrogens is 412 g/mol. The molecule has 0 unspecified atom stereocenters. The van der Waals surface area contributed by atoms with Gasteiger partial charge in [-0.15, -0.1) is 0 Å². The highest BCUT2D eigenvalue weighted by Gasteiger charge is 2.00. The molecule has 88 valence electrons. The maximum absolute atomic E-state index is 5.94. The number of benzene rings is 2. The summed E-state index contributed by atoms with van der Waals surface area (Å²) >= 11 is 11.8. The molecule has 0 saturated carbocycles. The number of rotatable bonds is 3. The van der Waals surface area contributed by atoms with Crippen LogP contribution in [-0.2, 0) is 6.54 Å². The van der Waals surface area contributed by atoms with Gasteiger partial charge in [0.05, 0.1) is 0 Å². The maximum atomic E-state index is 5.94. The molecule has 1 nitrogen and oxygen atoms in total. The molecule has 0 atom stereocenters. The van der Waals surface area contributed by atoms with Crippen LogP contribution < -0.4 is 5.32 Å². The fourth-order valence-electron chi connectivity index (χ4n) is 1.48. The third-order valence-electron chi connectivity index (χ3n) is 2.30. The summed E-state index contributed by atoms with van der Waals surface area (Å²) in [4.78, 5) is 0. The monoisotopic (exact) mass is 421 g/mol. The van der Waals surface area contributed by atoms with Gasteiger partial charge in [0.2, 0.25) is 0 Å². The van der Waals surface area contributed by atoms with E-state index in [9.17, 15) is 0 Å². The fraction of sp³-hybridized carbons (Fsp3) is 0.0769. The summed E-state index contributed by atoms with van der Waals surface area (Å²) in [7, 11) is 0. The minimum Gasteiger partial charge on any atom is -0.380 e. The zero-order valence-electron chi connectivity index (χ0n) is 8.88. The predicted octanol–water partition coefficient (Wildman–Crippen LogP) is 5.32. The topological polar surface area (TPSA) is 12.0 Å². The van der Waals surface area contributed by atoms with Gasteiger partial charge in [-0.05, 0) is 74.4 Å². The molecule has 0 aliphatic carbocycles. The van der Waals surface area contributed by atoms with E-state index in [0.717, 1.165) is 21.7 Å². The molecule has 17 heavy (non-hydrogen) atoms. The zero-order chi connectivity index (χ0) is 12.3. The molecule has 1 N–H and O–H groups in total. The van der Waals surface area contributed by atoms with E-state index in [-0.39, 0.29) is 0 Å². The Hall–Kier alpha value is -0.260. The highest BCUT2D eigenvalue weighted by molar-refractivity contribution is 14.1. The molecule has 2 rings (SSSR count). The van der Waals surface area contributed by atoms with Crippen LogP contribution in [0.5, 0.6) is 0 Å². The van der Waals surface area contributed by atoms with Crippen LogP contribution in [0.4, 0.5) is 5.69 Å². The van der Waals surface area contributed by atoms with Crippen LogP contribution in [0.1, 0.15) is 5.56 Å². The first-order valence-electron chi connectivity index (χ1n) is 5.08. The molecular formula is C13H10BrClIN. The van der Waals surface area contributed by atoms with Crippen molar-refractivity contribution in [3.05, 3.63) is 61.1 Å². The molecule has 0 amide bonds. The molecule has 0 radical (unpaired) electrons. The summed E-state index contributed by atoms with van der Waals surface area (Å²) in [6.45, 7) is 0.763. The van der Waals surface area contributed by atoms with E-state index in [0.29, 0.717) is 0 Å². The van der Waals surface area contributed by atoms with Gasteiger partial charge in [-0.1, -0.05) is 23.7 Å². The lowest BCUT2D eigenvalue weighted by molar-refractivity contribution is 1.14. The Morgan fingerprint density at radius 3 is 2.76 bits per heavy atom. The number of halogens is 3. The van der Waals surface area contributed by atoms with E-state index in [4.69, 9.17) is 11.6 Å². The van der Waals surface area contributed by atoms with Gasteiger partial charge in [0.25, 0.3) is 0 Å². The molecule has 2 aromatic rings. The fourth-order valence-corrected chi connectivity index (χ4v) is 2.57. The zero-order valence-corrected chi connectivity index (χ0v) is 13.4. The lowest BCUT2D eigenvalue weighted by Crippen LogP contribution is -2.00. The number of anilines is 1. The largest absolute Gasteiger partial charge is 0.380 e. The van der Waals surface area contributed by atoms with Crippen molar-refractivity contribution in [1.29, 1.82) is 0 Å². The van der Waals surface area contributed by atoms with Crippen molar-refractivity contribution < 1.29 is 0 Å². The van der Waals surface area contributed by atoms with E-state index in [2.05, 4.69) is 62.0 Å². The Balaban J connectivity index is 2.09.